The van der Waals surface area contributed by atoms with Gasteiger partial charge in [-0.05, 0) is 70.9 Å². The first-order valence-electron chi connectivity index (χ1n) is 12.6. The van der Waals surface area contributed by atoms with Gasteiger partial charge in [0.1, 0.15) is 28.6 Å². The quantitative estimate of drug-likeness (QED) is 0.397. The molecule has 5 rings (SSSR count). The molecule has 0 aromatic carbocycles. The van der Waals surface area contributed by atoms with E-state index in [1.807, 2.05) is 19.0 Å². The number of carbonyl (C=O) groups excluding carboxylic acids is 1. The maximum absolute atomic E-state index is 14.0. The predicted octanol–water partition coefficient (Wildman–Crippen LogP) is 2.35. The molecule has 0 radical (unpaired) electrons. The summed E-state index contributed by atoms with van der Waals surface area (Å²) in [5.74, 6) is -1.44. The Kier molecular flexibility index (Phi) is 7.06. The summed E-state index contributed by atoms with van der Waals surface area (Å²) in [6.07, 6.45) is 6.47. The van der Waals surface area contributed by atoms with Gasteiger partial charge in [0.2, 0.25) is 0 Å². The van der Waals surface area contributed by atoms with Crippen molar-refractivity contribution in [2.75, 3.05) is 20.6 Å². The molecule has 1 aliphatic rings. The van der Waals surface area contributed by atoms with Crippen LogP contribution in [0.15, 0.2) is 46.4 Å². The highest BCUT2D eigenvalue weighted by Crippen LogP contribution is 2.27. The first-order valence-corrected chi connectivity index (χ1v) is 12.6. The summed E-state index contributed by atoms with van der Waals surface area (Å²) in [7, 11) is 3.86. The topological polar surface area (TPSA) is 107 Å². The van der Waals surface area contributed by atoms with Gasteiger partial charge in [0.25, 0.3) is 11.5 Å². The maximum Gasteiger partial charge on any atom is 0.332 e. The lowest BCUT2D eigenvalue weighted by atomic mass is 9.91. The van der Waals surface area contributed by atoms with Crippen LogP contribution in [0.2, 0.25) is 0 Å². The lowest BCUT2D eigenvalue weighted by Gasteiger charge is -2.30. The third-order valence-corrected chi connectivity index (χ3v) is 7.01. The minimum absolute atomic E-state index is 0.0770. The number of carbonyl (C=O) groups is 1. The Bertz CT molecular complexity index is 1620. The van der Waals surface area contributed by atoms with Gasteiger partial charge in [0, 0.05) is 31.0 Å². The van der Waals surface area contributed by atoms with Gasteiger partial charge in [-0.25, -0.2) is 23.5 Å². The van der Waals surface area contributed by atoms with Gasteiger partial charge in [0.15, 0.2) is 0 Å². The molecule has 0 saturated heterocycles. The molecule has 0 bridgehead atoms. The summed E-state index contributed by atoms with van der Waals surface area (Å²) in [6, 6.07) is 3.36. The fraction of sp³-hybridized carbons (Fsp3) is 0.423. The van der Waals surface area contributed by atoms with Crippen LogP contribution < -0.4 is 16.6 Å². The standard InChI is InChI=1S/C26H29F2N7O3/c1-32(2)10-3-11-34-23-20(12-17(28)13-29-23)25(37)35(26(34)38)19-7-5-18(6-8-19)30-24(36)21-15-33-14-16(27)4-9-22(33)31-21/h4,9,12-15,18-19H,3,5-8,10-11H2,1-2H3,(H,30,36). The van der Waals surface area contributed by atoms with Crippen molar-refractivity contribution in [2.45, 2.75) is 50.7 Å². The molecule has 0 aliphatic heterocycles. The molecular formula is C26H29F2N7O3. The van der Waals surface area contributed by atoms with Gasteiger partial charge in [-0.1, -0.05) is 0 Å². The molecule has 1 fully saturated rings. The smallest absolute Gasteiger partial charge is 0.332 e. The molecule has 1 N–H and O–H groups in total. The number of hydrogen-bond acceptors (Lipinski definition) is 6. The Morgan fingerprint density at radius 2 is 1.87 bits per heavy atom. The van der Waals surface area contributed by atoms with E-state index in [1.54, 1.807) is 0 Å². The molecular weight excluding hydrogens is 496 g/mol. The SMILES string of the molecule is CN(C)CCCn1c(=O)n(C2CCC(NC(=O)c3cn4cc(F)ccc4n3)CC2)c(=O)c2cc(F)cnc21. The van der Waals surface area contributed by atoms with Crippen LogP contribution in [-0.2, 0) is 6.54 Å². The first kappa shape index (κ1) is 25.7. The molecule has 38 heavy (non-hydrogen) atoms. The monoisotopic (exact) mass is 525 g/mol. The molecule has 10 nitrogen and oxygen atoms in total. The van der Waals surface area contributed by atoms with E-state index in [2.05, 4.69) is 15.3 Å². The summed E-state index contributed by atoms with van der Waals surface area (Å²) < 4.78 is 31.6. The van der Waals surface area contributed by atoms with Crippen molar-refractivity contribution < 1.29 is 13.6 Å². The van der Waals surface area contributed by atoms with E-state index in [4.69, 9.17) is 0 Å². The predicted molar refractivity (Wildman–Crippen MR) is 137 cm³/mol. The number of fused-ring (bicyclic) bond motifs is 2. The molecule has 0 atom stereocenters. The minimum atomic E-state index is -0.638. The highest BCUT2D eigenvalue weighted by atomic mass is 19.1. The van der Waals surface area contributed by atoms with Crippen LogP contribution >= 0.6 is 0 Å². The normalized spacial score (nSPS) is 17.9. The highest BCUT2D eigenvalue weighted by Gasteiger charge is 2.28. The van der Waals surface area contributed by atoms with Crippen molar-refractivity contribution >= 4 is 22.6 Å². The van der Waals surface area contributed by atoms with Gasteiger partial charge in [-0.3, -0.25) is 18.7 Å². The lowest BCUT2D eigenvalue weighted by Crippen LogP contribution is -2.45. The second-order valence-electron chi connectivity index (χ2n) is 10.0. The summed E-state index contributed by atoms with van der Waals surface area (Å²) in [6.45, 7) is 1.08. The second-order valence-corrected chi connectivity index (χ2v) is 10.0. The number of rotatable bonds is 7. The molecule has 200 valence electrons. The molecule has 1 saturated carbocycles. The Morgan fingerprint density at radius 1 is 1.11 bits per heavy atom. The summed E-state index contributed by atoms with van der Waals surface area (Å²) in [4.78, 5) is 49.9. The Labute approximate surface area is 216 Å². The number of halogens is 2. The molecule has 1 amide bonds. The fourth-order valence-electron chi connectivity index (χ4n) is 5.12. The van der Waals surface area contributed by atoms with Crippen molar-refractivity contribution in [3.8, 4) is 0 Å². The van der Waals surface area contributed by atoms with Gasteiger partial charge in [0.05, 0.1) is 11.6 Å². The highest BCUT2D eigenvalue weighted by molar-refractivity contribution is 5.93. The van der Waals surface area contributed by atoms with Crippen LogP contribution in [0.1, 0.15) is 48.6 Å². The average molecular weight is 526 g/mol. The van der Waals surface area contributed by atoms with E-state index in [0.717, 1.165) is 18.8 Å². The van der Waals surface area contributed by atoms with E-state index >= 15 is 0 Å². The molecule has 4 aromatic rings. The Morgan fingerprint density at radius 3 is 2.61 bits per heavy atom. The molecule has 4 heterocycles. The number of pyridine rings is 2. The summed E-state index contributed by atoms with van der Waals surface area (Å²) in [5, 5.41) is 3.03. The number of aromatic nitrogens is 5. The number of amides is 1. The maximum atomic E-state index is 14.0. The first-order chi connectivity index (χ1) is 18.2. The zero-order valence-corrected chi connectivity index (χ0v) is 21.2. The van der Waals surface area contributed by atoms with Crippen LogP contribution in [0.5, 0.6) is 0 Å². The third kappa shape index (κ3) is 5.08. The van der Waals surface area contributed by atoms with Crippen molar-refractivity contribution in [3.63, 3.8) is 0 Å². The van der Waals surface area contributed by atoms with Crippen LogP contribution in [0, 0.1) is 11.6 Å². The van der Waals surface area contributed by atoms with E-state index in [1.165, 1.54) is 38.1 Å². The van der Waals surface area contributed by atoms with Crippen molar-refractivity contribution in [3.05, 3.63) is 75.0 Å². The fourth-order valence-corrected chi connectivity index (χ4v) is 5.12. The zero-order chi connectivity index (χ0) is 27.0. The Hall–Kier alpha value is -3.93. The zero-order valence-electron chi connectivity index (χ0n) is 21.2. The largest absolute Gasteiger partial charge is 0.348 e. The molecule has 1 aliphatic carbocycles. The molecule has 12 heteroatoms. The molecule has 0 spiro atoms. The number of nitrogens with one attached hydrogen (secondary N) is 1. The van der Waals surface area contributed by atoms with Crippen molar-refractivity contribution in [1.82, 2.24) is 33.7 Å². The number of aryl methyl sites for hydroxylation is 1. The van der Waals surface area contributed by atoms with E-state index in [-0.39, 0.29) is 34.7 Å². The van der Waals surface area contributed by atoms with E-state index in [0.29, 0.717) is 44.3 Å². The number of imidazole rings is 1. The van der Waals surface area contributed by atoms with Crippen LogP contribution in [0.25, 0.3) is 16.7 Å². The van der Waals surface area contributed by atoms with Gasteiger partial charge >= 0.3 is 5.69 Å². The van der Waals surface area contributed by atoms with Gasteiger partial charge in [-0.15, -0.1) is 0 Å². The van der Waals surface area contributed by atoms with Crippen LogP contribution in [-0.4, -0.2) is 61.0 Å². The lowest BCUT2D eigenvalue weighted by molar-refractivity contribution is 0.0917. The van der Waals surface area contributed by atoms with Crippen LogP contribution in [0.3, 0.4) is 0 Å². The average Bonchev–Trinajstić information content (AvgIpc) is 3.30. The number of nitrogens with zero attached hydrogens (tertiary/aromatic N) is 6. The van der Waals surface area contributed by atoms with E-state index in [9.17, 15) is 23.2 Å². The van der Waals surface area contributed by atoms with Crippen molar-refractivity contribution in [1.29, 1.82) is 0 Å². The number of hydrogen-bond donors (Lipinski definition) is 1. The van der Waals surface area contributed by atoms with Gasteiger partial charge in [-0.2, -0.15) is 0 Å². The van der Waals surface area contributed by atoms with E-state index < -0.39 is 22.9 Å². The summed E-state index contributed by atoms with van der Waals surface area (Å²) >= 11 is 0. The van der Waals surface area contributed by atoms with Crippen LogP contribution in [0.4, 0.5) is 8.78 Å². The van der Waals surface area contributed by atoms with Gasteiger partial charge < -0.3 is 14.6 Å². The minimum Gasteiger partial charge on any atom is -0.348 e. The van der Waals surface area contributed by atoms with Crippen molar-refractivity contribution in [2.24, 2.45) is 0 Å². The summed E-state index contributed by atoms with van der Waals surface area (Å²) in [5.41, 5.74) is -0.179. The second kappa shape index (κ2) is 10.4. The molecule has 4 aromatic heterocycles. The molecule has 0 unspecified atom stereocenters. The Balaban J connectivity index is 1.34. The third-order valence-electron chi connectivity index (χ3n) is 7.01.